The Morgan fingerprint density at radius 3 is 2.50 bits per heavy atom. The van der Waals surface area contributed by atoms with Crippen LogP contribution in [0.5, 0.6) is 5.75 Å². The number of carbonyl (C=O) groups excluding carboxylic acids is 1. The van der Waals surface area contributed by atoms with Gasteiger partial charge in [0.15, 0.2) is 0 Å². The first-order valence-electron chi connectivity index (χ1n) is 7.59. The van der Waals surface area contributed by atoms with Crippen molar-refractivity contribution in [2.75, 3.05) is 23.5 Å². The predicted octanol–water partition coefficient (Wildman–Crippen LogP) is 2.82. The van der Waals surface area contributed by atoms with Crippen LogP contribution >= 0.6 is 0 Å². The lowest BCUT2D eigenvalue weighted by Gasteiger charge is -2.21. The van der Waals surface area contributed by atoms with Gasteiger partial charge in [-0.1, -0.05) is 6.07 Å². The molecular formula is C18H20FN3O2. The molecule has 2 aromatic rings. The van der Waals surface area contributed by atoms with Crippen LogP contribution in [0.2, 0.25) is 0 Å². The van der Waals surface area contributed by atoms with Crippen molar-refractivity contribution in [3.8, 4) is 5.75 Å². The van der Waals surface area contributed by atoms with Gasteiger partial charge < -0.3 is 21.1 Å². The number of anilines is 3. The number of hydrogen-bond donors (Lipinski definition) is 2. The summed E-state index contributed by atoms with van der Waals surface area (Å²) in [4.78, 5) is 14.5. The zero-order valence-electron chi connectivity index (χ0n) is 13.9. The summed E-state index contributed by atoms with van der Waals surface area (Å²) in [5.41, 5.74) is 14.3. The highest BCUT2D eigenvalue weighted by Crippen LogP contribution is 2.45. The second-order valence-electron chi connectivity index (χ2n) is 6.47. The van der Waals surface area contributed by atoms with E-state index in [0.717, 1.165) is 11.3 Å². The van der Waals surface area contributed by atoms with Gasteiger partial charge >= 0.3 is 0 Å². The van der Waals surface area contributed by atoms with Gasteiger partial charge in [-0.05, 0) is 37.6 Å². The van der Waals surface area contributed by atoms with Crippen molar-refractivity contribution in [2.45, 2.75) is 25.8 Å². The van der Waals surface area contributed by atoms with E-state index < -0.39 is 5.41 Å². The zero-order valence-corrected chi connectivity index (χ0v) is 13.9. The number of methoxy groups -OCH3 is 1. The second kappa shape index (κ2) is 5.40. The Hall–Kier alpha value is -2.76. The number of rotatable bonds is 3. The molecule has 0 saturated carbocycles. The summed E-state index contributed by atoms with van der Waals surface area (Å²) in [6, 6.07) is 7.74. The van der Waals surface area contributed by atoms with Gasteiger partial charge in [0.1, 0.15) is 11.6 Å². The van der Waals surface area contributed by atoms with E-state index in [1.807, 2.05) is 13.8 Å². The lowest BCUT2D eigenvalue weighted by molar-refractivity contribution is -0.122. The first kappa shape index (κ1) is 16.1. The van der Waals surface area contributed by atoms with E-state index in [4.69, 9.17) is 16.2 Å². The summed E-state index contributed by atoms with van der Waals surface area (Å²) in [5, 5.41) is 0. The van der Waals surface area contributed by atoms with E-state index >= 15 is 0 Å². The number of nitrogens with zero attached hydrogens (tertiary/aromatic N) is 1. The van der Waals surface area contributed by atoms with Gasteiger partial charge in [0.25, 0.3) is 0 Å². The Balaban J connectivity index is 2.07. The monoisotopic (exact) mass is 329 g/mol. The average molecular weight is 329 g/mol. The number of ether oxygens (including phenoxy) is 1. The summed E-state index contributed by atoms with van der Waals surface area (Å²) in [5.74, 6) is -0.0487. The van der Waals surface area contributed by atoms with Crippen LogP contribution in [0.4, 0.5) is 21.5 Å². The Morgan fingerprint density at radius 1 is 1.17 bits per heavy atom. The fourth-order valence-corrected chi connectivity index (χ4v) is 3.08. The van der Waals surface area contributed by atoms with Gasteiger partial charge in [0, 0.05) is 11.6 Å². The van der Waals surface area contributed by atoms with Gasteiger partial charge in [-0.3, -0.25) is 4.79 Å². The molecule has 1 amide bonds. The first-order valence-corrected chi connectivity index (χ1v) is 7.59. The third-order valence-electron chi connectivity index (χ3n) is 4.52. The van der Waals surface area contributed by atoms with Crippen LogP contribution in [0.25, 0.3) is 0 Å². The van der Waals surface area contributed by atoms with Crippen LogP contribution < -0.4 is 21.1 Å². The highest BCUT2D eigenvalue weighted by molar-refractivity contribution is 6.08. The molecule has 0 aromatic heterocycles. The standard InChI is InChI=1S/C18H20FN3O2/c1-18(2)12-7-13(20)14(21)8-15(12)22(17(18)23)9-10-4-5-11(19)6-16(10)24-3/h4-8H,9,20-21H2,1-3H3. The van der Waals surface area contributed by atoms with E-state index in [9.17, 15) is 9.18 Å². The highest BCUT2D eigenvalue weighted by atomic mass is 19.1. The third-order valence-corrected chi connectivity index (χ3v) is 4.52. The Bertz CT molecular complexity index is 833. The first-order chi connectivity index (χ1) is 11.3. The van der Waals surface area contributed by atoms with E-state index in [2.05, 4.69) is 0 Å². The van der Waals surface area contributed by atoms with Gasteiger partial charge in [-0.2, -0.15) is 0 Å². The molecule has 0 bridgehead atoms. The Morgan fingerprint density at radius 2 is 1.83 bits per heavy atom. The van der Waals surface area contributed by atoms with E-state index in [-0.39, 0.29) is 18.3 Å². The van der Waals surface area contributed by atoms with Crippen LogP contribution in [0.3, 0.4) is 0 Å². The molecule has 4 N–H and O–H groups in total. The van der Waals surface area contributed by atoms with Crippen LogP contribution in [0.15, 0.2) is 30.3 Å². The Labute approximate surface area is 140 Å². The molecule has 1 aliphatic rings. The molecule has 126 valence electrons. The maximum absolute atomic E-state index is 13.4. The molecule has 6 heteroatoms. The molecule has 5 nitrogen and oxygen atoms in total. The quantitative estimate of drug-likeness (QED) is 0.849. The lowest BCUT2D eigenvalue weighted by Crippen LogP contribution is -2.35. The van der Waals surface area contributed by atoms with Crippen LogP contribution in [-0.4, -0.2) is 13.0 Å². The largest absolute Gasteiger partial charge is 0.496 e. The molecule has 0 atom stereocenters. The van der Waals surface area contributed by atoms with Crippen molar-refractivity contribution < 1.29 is 13.9 Å². The molecule has 1 aliphatic heterocycles. The second-order valence-corrected chi connectivity index (χ2v) is 6.47. The molecule has 0 radical (unpaired) electrons. The van der Waals surface area contributed by atoms with Gasteiger partial charge in [-0.15, -0.1) is 0 Å². The van der Waals surface area contributed by atoms with Crippen molar-refractivity contribution in [3.63, 3.8) is 0 Å². The topological polar surface area (TPSA) is 81.6 Å². The van der Waals surface area contributed by atoms with E-state index in [0.29, 0.717) is 22.7 Å². The normalized spacial score (nSPS) is 15.5. The average Bonchev–Trinajstić information content (AvgIpc) is 2.71. The number of nitrogen functional groups attached to an aromatic ring is 2. The minimum atomic E-state index is -0.704. The van der Waals surface area contributed by atoms with Crippen molar-refractivity contribution in [3.05, 3.63) is 47.3 Å². The van der Waals surface area contributed by atoms with Gasteiger partial charge in [-0.25, -0.2) is 4.39 Å². The van der Waals surface area contributed by atoms with Gasteiger partial charge in [0.05, 0.1) is 36.1 Å². The number of hydrogen-bond acceptors (Lipinski definition) is 4. The third kappa shape index (κ3) is 2.35. The molecular weight excluding hydrogens is 309 g/mol. The minimum absolute atomic E-state index is 0.0612. The van der Waals surface area contributed by atoms with E-state index in [1.165, 1.54) is 19.2 Å². The summed E-state index contributed by atoms with van der Waals surface area (Å²) >= 11 is 0. The summed E-state index contributed by atoms with van der Waals surface area (Å²) in [6.07, 6.45) is 0. The Kier molecular flexibility index (Phi) is 3.63. The maximum Gasteiger partial charge on any atom is 0.237 e. The fraction of sp³-hybridized carbons (Fsp3) is 0.278. The number of fused-ring (bicyclic) bond motifs is 1. The highest BCUT2D eigenvalue weighted by Gasteiger charge is 2.44. The molecule has 2 aromatic carbocycles. The van der Waals surface area contributed by atoms with Crippen LogP contribution in [0.1, 0.15) is 25.0 Å². The summed E-state index contributed by atoms with van der Waals surface area (Å²) in [7, 11) is 1.47. The molecule has 24 heavy (non-hydrogen) atoms. The predicted molar refractivity (Wildman–Crippen MR) is 92.4 cm³/mol. The van der Waals surface area contributed by atoms with Crippen molar-refractivity contribution in [1.29, 1.82) is 0 Å². The fourth-order valence-electron chi connectivity index (χ4n) is 3.08. The van der Waals surface area contributed by atoms with Crippen molar-refractivity contribution in [2.24, 2.45) is 0 Å². The number of benzene rings is 2. The summed E-state index contributed by atoms with van der Waals surface area (Å²) < 4.78 is 18.6. The SMILES string of the molecule is COc1cc(F)ccc1CN1C(=O)C(C)(C)c2cc(N)c(N)cc21. The lowest BCUT2D eigenvalue weighted by atomic mass is 9.86. The molecule has 0 spiro atoms. The molecule has 0 saturated heterocycles. The van der Waals surface area contributed by atoms with Crippen molar-refractivity contribution >= 4 is 23.0 Å². The number of halogens is 1. The maximum atomic E-state index is 13.4. The number of amides is 1. The molecule has 3 rings (SSSR count). The minimum Gasteiger partial charge on any atom is -0.496 e. The van der Waals surface area contributed by atoms with E-state index in [1.54, 1.807) is 23.1 Å². The van der Waals surface area contributed by atoms with Crippen LogP contribution in [-0.2, 0) is 16.8 Å². The zero-order chi connectivity index (χ0) is 17.6. The van der Waals surface area contributed by atoms with Crippen LogP contribution in [0, 0.1) is 5.82 Å². The molecule has 0 aliphatic carbocycles. The smallest absolute Gasteiger partial charge is 0.237 e. The molecule has 0 fully saturated rings. The van der Waals surface area contributed by atoms with Crippen molar-refractivity contribution in [1.82, 2.24) is 0 Å². The number of nitrogens with two attached hydrogens (primary N) is 2. The summed E-state index contributed by atoms with van der Waals surface area (Å²) in [6.45, 7) is 3.97. The van der Waals surface area contributed by atoms with Gasteiger partial charge in [0.2, 0.25) is 5.91 Å². The number of carbonyl (C=O) groups is 1. The molecule has 1 heterocycles. The molecule has 0 unspecified atom stereocenters.